The van der Waals surface area contributed by atoms with E-state index in [1.54, 1.807) is 0 Å². The van der Waals surface area contributed by atoms with Gasteiger partial charge in [-0.05, 0) is 30.4 Å². The number of rotatable bonds is 4. The Kier molecular flexibility index (Phi) is 3.54. The van der Waals surface area contributed by atoms with Gasteiger partial charge in [0.05, 0.1) is 28.5 Å². The van der Waals surface area contributed by atoms with Crippen molar-refractivity contribution >= 4 is 11.5 Å². The number of nitrogens with two attached hydrogens (primary N) is 1. The predicted octanol–water partition coefficient (Wildman–Crippen LogP) is 1.58. The predicted molar refractivity (Wildman–Crippen MR) is 67.9 cm³/mol. The normalized spacial score (nSPS) is 12.9. The smallest absolute Gasteiger partial charge is 0.0854 e. The van der Waals surface area contributed by atoms with Crippen LogP contribution in [0.25, 0.3) is 0 Å². The van der Waals surface area contributed by atoms with E-state index in [9.17, 15) is 0 Å². The van der Waals surface area contributed by atoms with Crippen LogP contribution in [0.5, 0.6) is 0 Å². The van der Waals surface area contributed by atoms with Gasteiger partial charge in [-0.2, -0.15) is 5.10 Å². The van der Waals surface area contributed by atoms with Crippen LogP contribution in [-0.4, -0.2) is 19.4 Å². The van der Waals surface area contributed by atoms with Crippen molar-refractivity contribution in [2.75, 3.05) is 0 Å². The summed E-state index contributed by atoms with van der Waals surface area (Å²) >= 11 is 1.39. The Morgan fingerprint density at radius 2 is 2.29 bits per heavy atom. The first-order valence-corrected chi connectivity index (χ1v) is 6.47. The van der Waals surface area contributed by atoms with Crippen LogP contribution in [-0.2, 0) is 13.5 Å². The second-order valence-corrected chi connectivity index (χ2v) is 4.93. The zero-order valence-corrected chi connectivity index (χ0v) is 11.2. The fourth-order valence-electron chi connectivity index (χ4n) is 1.99. The molecule has 0 amide bonds. The van der Waals surface area contributed by atoms with Crippen LogP contribution in [0, 0.1) is 6.92 Å². The van der Waals surface area contributed by atoms with Crippen molar-refractivity contribution in [3.63, 3.8) is 0 Å². The summed E-state index contributed by atoms with van der Waals surface area (Å²) in [5.41, 5.74) is 9.47. The van der Waals surface area contributed by atoms with E-state index in [-0.39, 0.29) is 6.04 Å². The maximum atomic E-state index is 6.31. The minimum Gasteiger partial charge on any atom is -0.318 e. The highest BCUT2D eigenvalue weighted by Gasteiger charge is 2.21. The summed E-state index contributed by atoms with van der Waals surface area (Å²) in [4.78, 5) is 1.05. The van der Waals surface area contributed by atoms with Crippen molar-refractivity contribution in [2.45, 2.75) is 32.7 Å². The lowest BCUT2D eigenvalue weighted by Gasteiger charge is -2.12. The molecule has 0 aromatic carbocycles. The zero-order valence-electron chi connectivity index (χ0n) is 10.3. The topological polar surface area (TPSA) is 69.6 Å². The summed E-state index contributed by atoms with van der Waals surface area (Å²) in [6.07, 6.45) is 3.81. The van der Waals surface area contributed by atoms with E-state index in [2.05, 4.69) is 21.6 Å². The average Bonchev–Trinajstić information content (AvgIpc) is 2.86. The molecule has 5 nitrogen and oxygen atoms in total. The van der Waals surface area contributed by atoms with Crippen LogP contribution in [0.2, 0.25) is 0 Å². The minimum atomic E-state index is -0.177. The molecule has 2 aromatic rings. The Labute approximate surface area is 105 Å². The van der Waals surface area contributed by atoms with E-state index in [0.717, 1.165) is 34.7 Å². The molecule has 2 heterocycles. The maximum Gasteiger partial charge on any atom is 0.0854 e. The van der Waals surface area contributed by atoms with Crippen LogP contribution in [0.1, 0.15) is 41.2 Å². The third-order valence-electron chi connectivity index (χ3n) is 2.83. The molecule has 0 radical (unpaired) electrons. The van der Waals surface area contributed by atoms with Crippen molar-refractivity contribution < 1.29 is 0 Å². The first-order valence-electron chi connectivity index (χ1n) is 5.70. The van der Waals surface area contributed by atoms with Gasteiger partial charge in [-0.3, -0.25) is 4.68 Å². The molecule has 0 aliphatic carbocycles. The SMILES string of the molecule is CCCc1nnsc1C(N)c1c(C)cnn1C. The Bertz CT molecular complexity index is 482. The molecule has 0 saturated carbocycles. The standard InChI is InChI=1S/C11H17N5S/c1-4-5-8-11(17-15-14-8)9(12)10-7(2)6-13-16(10)3/h6,9H,4-5,12H2,1-3H3. The molecular formula is C11H17N5S. The molecule has 17 heavy (non-hydrogen) atoms. The van der Waals surface area contributed by atoms with E-state index >= 15 is 0 Å². The molecule has 0 saturated heterocycles. The summed E-state index contributed by atoms with van der Waals surface area (Å²) in [7, 11) is 1.91. The van der Waals surface area contributed by atoms with Crippen molar-refractivity contribution in [3.8, 4) is 0 Å². The largest absolute Gasteiger partial charge is 0.318 e. The first-order chi connectivity index (χ1) is 8.15. The molecule has 6 heteroatoms. The number of aromatic nitrogens is 4. The van der Waals surface area contributed by atoms with Gasteiger partial charge in [-0.1, -0.05) is 17.8 Å². The Morgan fingerprint density at radius 1 is 1.53 bits per heavy atom. The van der Waals surface area contributed by atoms with E-state index < -0.39 is 0 Å². The minimum absolute atomic E-state index is 0.177. The third-order valence-corrected chi connectivity index (χ3v) is 3.68. The summed E-state index contributed by atoms with van der Waals surface area (Å²) in [5, 5.41) is 8.38. The molecule has 0 aliphatic rings. The summed E-state index contributed by atoms with van der Waals surface area (Å²) in [5.74, 6) is 0. The lowest BCUT2D eigenvalue weighted by atomic mass is 10.1. The lowest BCUT2D eigenvalue weighted by Crippen LogP contribution is -2.17. The van der Waals surface area contributed by atoms with Gasteiger partial charge >= 0.3 is 0 Å². The van der Waals surface area contributed by atoms with Gasteiger partial charge in [0.25, 0.3) is 0 Å². The van der Waals surface area contributed by atoms with Crippen LogP contribution in [0.4, 0.5) is 0 Å². The van der Waals surface area contributed by atoms with Gasteiger partial charge in [0.15, 0.2) is 0 Å². The highest BCUT2D eigenvalue weighted by molar-refractivity contribution is 7.05. The summed E-state index contributed by atoms with van der Waals surface area (Å²) < 4.78 is 5.84. The third kappa shape index (κ3) is 2.23. The molecule has 2 aromatic heterocycles. The highest BCUT2D eigenvalue weighted by atomic mass is 32.1. The number of aryl methyl sites for hydroxylation is 3. The fourth-order valence-corrected chi connectivity index (χ4v) is 2.69. The molecule has 2 N–H and O–H groups in total. The van der Waals surface area contributed by atoms with Crippen molar-refractivity contribution in [1.82, 2.24) is 19.4 Å². The monoisotopic (exact) mass is 251 g/mol. The molecule has 0 aliphatic heterocycles. The molecular weight excluding hydrogens is 234 g/mol. The zero-order chi connectivity index (χ0) is 12.4. The fraction of sp³-hybridized carbons (Fsp3) is 0.545. The summed E-state index contributed by atoms with van der Waals surface area (Å²) in [6.45, 7) is 4.15. The van der Waals surface area contributed by atoms with Gasteiger partial charge in [0, 0.05) is 7.05 Å². The lowest BCUT2D eigenvalue weighted by molar-refractivity contribution is 0.669. The second kappa shape index (κ2) is 4.93. The van der Waals surface area contributed by atoms with E-state index in [1.807, 2.05) is 24.9 Å². The molecule has 2 rings (SSSR count). The van der Waals surface area contributed by atoms with Gasteiger partial charge in [0.1, 0.15) is 0 Å². The number of hydrogen-bond acceptors (Lipinski definition) is 5. The second-order valence-electron chi connectivity index (χ2n) is 4.15. The molecule has 1 atom stereocenters. The van der Waals surface area contributed by atoms with Crippen LogP contribution in [0.15, 0.2) is 6.20 Å². The Hall–Kier alpha value is -1.27. The van der Waals surface area contributed by atoms with Crippen molar-refractivity contribution in [2.24, 2.45) is 12.8 Å². The number of hydrogen-bond donors (Lipinski definition) is 1. The van der Waals surface area contributed by atoms with Crippen LogP contribution in [0.3, 0.4) is 0 Å². The molecule has 0 bridgehead atoms. The first kappa shape index (κ1) is 12.2. The van der Waals surface area contributed by atoms with Gasteiger partial charge in [-0.15, -0.1) is 5.10 Å². The van der Waals surface area contributed by atoms with E-state index in [0.29, 0.717) is 0 Å². The maximum absolute atomic E-state index is 6.31. The van der Waals surface area contributed by atoms with Crippen molar-refractivity contribution in [3.05, 3.63) is 28.0 Å². The molecule has 0 spiro atoms. The molecule has 92 valence electrons. The highest BCUT2D eigenvalue weighted by Crippen LogP contribution is 2.27. The summed E-state index contributed by atoms with van der Waals surface area (Å²) in [6, 6.07) is -0.177. The van der Waals surface area contributed by atoms with Crippen molar-refractivity contribution in [1.29, 1.82) is 0 Å². The van der Waals surface area contributed by atoms with Gasteiger partial charge in [-0.25, -0.2) is 0 Å². The van der Waals surface area contributed by atoms with Crippen LogP contribution < -0.4 is 5.73 Å². The van der Waals surface area contributed by atoms with Crippen LogP contribution >= 0.6 is 11.5 Å². The molecule has 0 fully saturated rings. The van der Waals surface area contributed by atoms with Gasteiger partial charge in [0.2, 0.25) is 0 Å². The van der Waals surface area contributed by atoms with E-state index in [4.69, 9.17) is 5.73 Å². The van der Waals surface area contributed by atoms with Gasteiger partial charge < -0.3 is 5.73 Å². The Balaban J connectivity index is 2.37. The quantitative estimate of drug-likeness (QED) is 0.895. The Morgan fingerprint density at radius 3 is 2.88 bits per heavy atom. The number of nitrogens with zero attached hydrogens (tertiary/aromatic N) is 4. The average molecular weight is 251 g/mol. The molecule has 1 unspecified atom stereocenters. The van der Waals surface area contributed by atoms with E-state index in [1.165, 1.54) is 11.5 Å².